The van der Waals surface area contributed by atoms with Gasteiger partial charge in [0.1, 0.15) is 5.75 Å². The number of rotatable bonds is 7. The number of amides is 1. The number of carbonyl (C=O) groups is 1. The first kappa shape index (κ1) is 21.4. The normalized spacial score (nSPS) is 14.5. The number of benzene rings is 1. The number of aryl methyl sites for hydroxylation is 1. The number of aromatic nitrogens is 3. The highest BCUT2D eigenvalue weighted by atomic mass is 35.5. The number of hydrazine groups is 1. The van der Waals surface area contributed by atoms with E-state index in [1.165, 1.54) is 0 Å². The van der Waals surface area contributed by atoms with Crippen molar-refractivity contribution in [1.29, 1.82) is 0 Å². The SMILES string of the molecule is CCn1ncc2c(NCc3ccc(OC)c(Cl)c3)c(C(=O)NN3CCOCC3)cnc21. The van der Waals surface area contributed by atoms with E-state index in [1.807, 2.05) is 30.1 Å². The Balaban J connectivity index is 1.63. The zero-order chi connectivity index (χ0) is 21.8. The second-order valence-electron chi connectivity index (χ2n) is 7.11. The zero-order valence-corrected chi connectivity index (χ0v) is 18.3. The summed E-state index contributed by atoms with van der Waals surface area (Å²) in [6, 6.07) is 5.59. The summed E-state index contributed by atoms with van der Waals surface area (Å²) < 4.78 is 12.4. The smallest absolute Gasteiger partial charge is 0.269 e. The molecule has 1 saturated heterocycles. The summed E-state index contributed by atoms with van der Waals surface area (Å²) in [7, 11) is 1.58. The molecule has 1 amide bonds. The molecule has 0 bridgehead atoms. The van der Waals surface area contributed by atoms with E-state index in [-0.39, 0.29) is 5.91 Å². The lowest BCUT2D eigenvalue weighted by Crippen LogP contribution is -2.48. The number of morpholine rings is 1. The third-order valence-corrected chi connectivity index (χ3v) is 5.46. The fraction of sp³-hybridized carbons (Fsp3) is 0.381. The van der Waals surface area contributed by atoms with Gasteiger partial charge >= 0.3 is 0 Å². The molecule has 31 heavy (non-hydrogen) atoms. The summed E-state index contributed by atoms with van der Waals surface area (Å²) in [5.41, 5.74) is 5.77. The fourth-order valence-electron chi connectivity index (χ4n) is 3.51. The van der Waals surface area contributed by atoms with E-state index < -0.39 is 0 Å². The molecule has 4 rings (SSSR count). The molecule has 1 aliphatic heterocycles. The molecule has 1 aliphatic rings. The van der Waals surface area contributed by atoms with Crippen molar-refractivity contribution >= 4 is 34.2 Å². The van der Waals surface area contributed by atoms with Crippen molar-refractivity contribution in [3.8, 4) is 5.75 Å². The van der Waals surface area contributed by atoms with Gasteiger partial charge in [-0.05, 0) is 24.6 Å². The highest BCUT2D eigenvalue weighted by Crippen LogP contribution is 2.29. The van der Waals surface area contributed by atoms with E-state index >= 15 is 0 Å². The van der Waals surface area contributed by atoms with Gasteiger partial charge in [-0.2, -0.15) is 5.10 Å². The van der Waals surface area contributed by atoms with Gasteiger partial charge in [0.25, 0.3) is 5.91 Å². The third-order valence-electron chi connectivity index (χ3n) is 5.17. The molecule has 3 heterocycles. The first-order chi connectivity index (χ1) is 15.1. The summed E-state index contributed by atoms with van der Waals surface area (Å²) >= 11 is 6.26. The van der Waals surface area contributed by atoms with E-state index in [1.54, 1.807) is 24.2 Å². The van der Waals surface area contributed by atoms with E-state index in [0.29, 0.717) is 61.4 Å². The van der Waals surface area contributed by atoms with Crippen molar-refractivity contribution < 1.29 is 14.3 Å². The molecule has 0 radical (unpaired) electrons. The number of nitrogens with zero attached hydrogens (tertiary/aromatic N) is 4. The monoisotopic (exact) mass is 444 g/mol. The van der Waals surface area contributed by atoms with Gasteiger partial charge in [-0.1, -0.05) is 17.7 Å². The Labute approximate surface area is 185 Å². The van der Waals surface area contributed by atoms with Gasteiger partial charge in [0.15, 0.2) is 5.65 Å². The van der Waals surface area contributed by atoms with E-state index in [4.69, 9.17) is 21.1 Å². The maximum Gasteiger partial charge on any atom is 0.269 e. The number of carbonyl (C=O) groups excluding carboxylic acids is 1. The van der Waals surface area contributed by atoms with Crippen molar-refractivity contribution in [2.24, 2.45) is 0 Å². The van der Waals surface area contributed by atoms with Gasteiger partial charge in [0.05, 0.1) is 48.2 Å². The number of hydrogen-bond acceptors (Lipinski definition) is 7. The third kappa shape index (κ3) is 4.58. The maximum atomic E-state index is 13.1. The molecule has 3 aromatic rings. The lowest BCUT2D eigenvalue weighted by molar-refractivity contribution is 0.0126. The minimum atomic E-state index is -0.226. The Bertz CT molecular complexity index is 1080. The summed E-state index contributed by atoms with van der Waals surface area (Å²) in [6.07, 6.45) is 3.33. The number of nitrogens with one attached hydrogen (secondary N) is 2. The molecule has 0 atom stereocenters. The van der Waals surface area contributed by atoms with E-state index in [0.717, 1.165) is 16.6 Å². The molecule has 0 saturated carbocycles. The van der Waals surface area contributed by atoms with Gasteiger partial charge in [0.2, 0.25) is 0 Å². The molecular weight excluding hydrogens is 420 g/mol. The highest BCUT2D eigenvalue weighted by Gasteiger charge is 2.21. The zero-order valence-electron chi connectivity index (χ0n) is 17.5. The topological polar surface area (TPSA) is 93.5 Å². The Morgan fingerprint density at radius 2 is 2.10 bits per heavy atom. The number of anilines is 1. The predicted octanol–water partition coefficient (Wildman–Crippen LogP) is 2.70. The predicted molar refractivity (Wildman–Crippen MR) is 118 cm³/mol. The van der Waals surface area contributed by atoms with Gasteiger partial charge in [-0.25, -0.2) is 14.7 Å². The van der Waals surface area contributed by atoms with Crippen molar-refractivity contribution in [2.75, 3.05) is 38.7 Å². The minimum Gasteiger partial charge on any atom is -0.495 e. The van der Waals surface area contributed by atoms with Crippen LogP contribution in [0.25, 0.3) is 11.0 Å². The van der Waals surface area contributed by atoms with Crippen LogP contribution in [0.15, 0.2) is 30.6 Å². The Morgan fingerprint density at radius 1 is 1.29 bits per heavy atom. The van der Waals surface area contributed by atoms with Gasteiger partial charge in [-0.15, -0.1) is 0 Å². The second-order valence-corrected chi connectivity index (χ2v) is 7.51. The minimum absolute atomic E-state index is 0.226. The summed E-state index contributed by atoms with van der Waals surface area (Å²) in [5.74, 6) is 0.391. The number of fused-ring (bicyclic) bond motifs is 1. The lowest BCUT2D eigenvalue weighted by atomic mass is 10.1. The molecule has 2 aromatic heterocycles. The van der Waals surface area contributed by atoms with Crippen molar-refractivity contribution in [2.45, 2.75) is 20.0 Å². The molecule has 0 aliphatic carbocycles. The number of methoxy groups -OCH3 is 1. The molecule has 10 heteroatoms. The Hall–Kier alpha value is -2.88. The van der Waals surface area contributed by atoms with Gasteiger partial charge in [0, 0.05) is 32.4 Å². The lowest BCUT2D eigenvalue weighted by Gasteiger charge is -2.27. The molecule has 1 fully saturated rings. The van der Waals surface area contributed by atoms with Crippen LogP contribution in [-0.4, -0.2) is 59.1 Å². The molecule has 2 N–H and O–H groups in total. The van der Waals surface area contributed by atoms with Crippen molar-refractivity contribution in [3.05, 3.63) is 46.7 Å². The van der Waals surface area contributed by atoms with Crippen LogP contribution in [0.3, 0.4) is 0 Å². The first-order valence-electron chi connectivity index (χ1n) is 10.1. The molecule has 9 nitrogen and oxygen atoms in total. The molecule has 164 valence electrons. The standard InChI is InChI=1S/C21H25ClN6O3/c1-3-28-20-15(13-25-28)19(23-11-14-4-5-18(30-2)17(22)10-14)16(12-24-20)21(29)26-27-6-8-31-9-7-27/h4-5,10,12-13H,3,6-9,11H2,1-2H3,(H,23,24)(H,26,29). The van der Waals surface area contributed by atoms with Gasteiger partial charge < -0.3 is 14.8 Å². The van der Waals surface area contributed by atoms with Crippen LogP contribution in [0.5, 0.6) is 5.75 Å². The maximum absolute atomic E-state index is 13.1. The first-order valence-corrected chi connectivity index (χ1v) is 10.5. The van der Waals surface area contributed by atoms with Crippen molar-refractivity contribution in [1.82, 2.24) is 25.2 Å². The Kier molecular flexibility index (Phi) is 6.55. The highest BCUT2D eigenvalue weighted by molar-refractivity contribution is 6.32. The quantitative estimate of drug-likeness (QED) is 0.578. The fourth-order valence-corrected chi connectivity index (χ4v) is 3.79. The van der Waals surface area contributed by atoms with Crippen LogP contribution in [0, 0.1) is 0 Å². The number of halogens is 1. The Morgan fingerprint density at radius 3 is 2.81 bits per heavy atom. The van der Waals surface area contributed by atoms with Crippen LogP contribution in [0.1, 0.15) is 22.8 Å². The van der Waals surface area contributed by atoms with E-state index in [9.17, 15) is 4.79 Å². The molecule has 0 spiro atoms. The molecule has 0 unspecified atom stereocenters. The molecular formula is C21H25ClN6O3. The largest absolute Gasteiger partial charge is 0.495 e. The van der Waals surface area contributed by atoms with Gasteiger partial charge in [-0.3, -0.25) is 10.2 Å². The van der Waals surface area contributed by atoms with Crippen LogP contribution in [-0.2, 0) is 17.8 Å². The summed E-state index contributed by atoms with van der Waals surface area (Å²) in [5, 5.41) is 11.0. The number of hydrogen-bond donors (Lipinski definition) is 2. The van der Waals surface area contributed by atoms with Crippen LogP contribution in [0.4, 0.5) is 5.69 Å². The van der Waals surface area contributed by atoms with Crippen LogP contribution < -0.4 is 15.5 Å². The van der Waals surface area contributed by atoms with Crippen molar-refractivity contribution in [3.63, 3.8) is 0 Å². The van der Waals surface area contributed by atoms with Crippen LogP contribution >= 0.6 is 11.6 Å². The van der Waals surface area contributed by atoms with E-state index in [2.05, 4.69) is 20.8 Å². The summed E-state index contributed by atoms with van der Waals surface area (Å²) in [6.45, 7) is 5.61. The molecule has 1 aromatic carbocycles. The average Bonchev–Trinajstić information content (AvgIpc) is 3.21. The van der Waals surface area contributed by atoms with Crippen LogP contribution in [0.2, 0.25) is 5.02 Å². The number of pyridine rings is 1. The second kappa shape index (κ2) is 9.51. The number of ether oxygens (including phenoxy) is 2. The average molecular weight is 445 g/mol. The summed E-state index contributed by atoms with van der Waals surface area (Å²) in [4.78, 5) is 17.6.